The van der Waals surface area contributed by atoms with Gasteiger partial charge >= 0.3 is 0 Å². The maximum absolute atomic E-state index is 12.6. The number of hydrogen-bond acceptors (Lipinski definition) is 7. The summed E-state index contributed by atoms with van der Waals surface area (Å²) in [6.45, 7) is 4.37. The first-order chi connectivity index (χ1) is 18.8. The SMILES string of the molecule is COc1cc(OC)c(-c2cccc(-c3c(OC)cc(OC)cc3OC)c2P2C(C)CC(=O)CC2C)c(OC)c1. The lowest BCUT2D eigenvalue weighted by molar-refractivity contribution is -0.119. The van der Waals surface area contributed by atoms with Crippen LogP contribution in [0.25, 0.3) is 22.3 Å². The minimum Gasteiger partial charge on any atom is -0.496 e. The highest BCUT2D eigenvalue weighted by molar-refractivity contribution is 7.67. The number of hydrogen-bond donors (Lipinski definition) is 0. The molecule has 0 spiro atoms. The average Bonchev–Trinajstić information content (AvgIpc) is 2.95. The molecule has 4 rings (SSSR count). The molecule has 0 N–H and O–H groups in total. The van der Waals surface area contributed by atoms with Crippen molar-refractivity contribution in [1.82, 2.24) is 0 Å². The zero-order valence-electron chi connectivity index (χ0n) is 23.9. The van der Waals surface area contributed by atoms with Gasteiger partial charge < -0.3 is 28.4 Å². The molecule has 2 unspecified atom stereocenters. The van der Waals surface area contributed by atoms with Crippen LogP contribution in [0.5, 0.6) is 34.5 Å². The van der Waals surface area contributed by atoms with Gasteiger partial charge in [0, 0.05) is 37.1 Å². The molecule has 8 heteroatoms. The van der Waals surface area contributed by atoms with Crippen molar-refractivity contribution >= 4 is 19.0 Å². The molecule has 0 aliphatic carbocycles. The Balaban J connectivity index is 2.14. The van der Waals surface area contributed by atoms with Gasteiger partial charge in [0.1, 0.15) is 40.3 Å². The van der Waals surface area contributed by atoms with Crippen LogP contribution in [0.2, 0.25) is 0 Å². The Labute approximate surface area is 232 Å². The van der Waals surface area contributed by atoms with E-state index in [-0.39, 0.29) is 11.3 Å². The maximum Gasteiger partial charge on any atom is 0.134 e. The highest BCUT2D eigenvalue weighted by Gasteiger charge is 2.37. The van der Waals surface area contributed by atoms with Gasteiger partial charge in [0.15, 0.2) is 0 Å². The fraction of sp³-hybridized carbons (Fsp3) is 0.387. The highest BCUT2D eigenvalue weighted by Crippen LogP contribution is 2.57. The third-order valence-electron chi connectivity index (χ3n) is 7.26. The van der Waals surface area contributed by atoms with E-state index in [1.165, 1.54) is 0 Å². The number of carbonyl (C=O) groups excluding carboxylic acids is 1. The second-order valence-electron chi connectivity index (χ2n) is 9.57. The summed E-state index contributed by atoms with van der Waals surface area (Å²) in [5.41, 5.74) is 4.01. The lowest BCUT2D eigenvalue weighted by Gasteiger charge is -2.37. The Morgan fingerprint density at radius 3 is 1.28 bits per heavy atom. The van der Waals surface area contributed by atoms with Crippen molar-refractivity contribution in [3.8, 4) is 56.8 Å². The standard InChI is InChI=1S/C31H37O7P/c1-18-12-20(32)13-19(2)39(18)31-23(29-25(35-5)14-21(33-3)15-26(29)36-6)10-9-11-24(31)30-27(37-7)16-22(34-4)17-28(30)38-8/h9-11,14-19H,12-13H2,1-8H3. The predicted molar refractivity (Wildman–Crippen MR) is 156 cm³/mol. The fourth-order valence-corrected chi connectivity index (χ4v) is 9.06. The average molecular weight is 553 g/mol. The van der Waals surface area contributed by atoms with Gasteiger partial charge in [0.2, 0.25) is 0 Å². The smallest absolute Gasteiger partial charge is 0.134 e. The van der Waals surface area contributed by atoms with Gasteiger partial charge in [-0.3, -0.25) is 4.79 Å². The number of methoxy groups -OCH3 is 6. The molecule has 2 atom stereocenters. The summed E-state index contributed by atoms with van der Waals surface area (Å²) in [7, 11) is 9.02. The van der Waals surface area contributed by atoms with Crippen molar-refractivity contribution in [3.05, 3.63) is 42.5 Å². The van der Waals surface area contributed by atoms with Crippen LogP contribution in [0.1, 0.15) is 26.7 Å². The van der Waals surface area contributed by atoms with Gasteiger partial charge in [-0.05, 0) is 27.7 Å². The van der Waals surface area contributed by atoms with Crippen molar-refractivity contribution in [2.75, 3.05) is 42.7 Å². The molecule has 1 heterocycles. The molecule has 1 fully saturated rings. The summed E-state index contributed by atoms with van der Waals surface area (Å²) >= 11 is 0. The summed E-state index contributed by atoms with van der Waals surface area (Å²) in [5.74, 6) is 4.15. The monoisotopic (exact) mass is 552 g/mol. The Morgan fingerprint density at radius 1 is 0.615 bits per heavy atom. The molecule has 7 nitrogen and oxygen atoms in total. The van der Waals surface area contributed by atoms with E-state index in [2.05, 4.69) is 26.0 Å². The van der Waals surface area contributed by atoms with Gasteiger partial charge in [-0.25, -0.2) is 0 Å². The van der Waals surface area contributed by atoms with Crippen LogP contribution in [-0.4, -0.2) is 59.8 Å². The molecule has 0 amide bonds. The van der Waals surface area contributed by atoms with Crippen molar-refractivity contribution < 1.29 is 33.2 Å². The van der Waals surface area contributed by atoms with Crippen LogP contribution in [-0.2, 0) is 4.79 Å². The molecule has 1 aliphatic rings. The second-order valence-corrected chi connectivity index (χ2v) is 12.6. The van der Waals surface area contributed by atoms with E-state index < -0.39 is 7.92 Å². The number of ketones is 1. The van der Waals surface area contributed by atoms with Gasteiger partial charge in [0.05, 0.1) is 53.8 Å². The molecule has 0 saturated carbocycles. The first kappa shape index (κ1) is 28.6. The van der Waals surface area contributed by atoms with E-state index in [0.29, 0.717) is 53.1 Å². The lowest BCUT2D eigenvalue weighted by atomic mass is 9.96. The minimum absolute atomic E-state index is 0.182. The third-order valence-corrected chi connectivity index (χ3v) is 10.5. The molecular formula is C31H37O7P. The van der Waals surface area contributed by atoms with Crippen LogP contribution >= 0.6 is 7.92 Å². The normalized spacial score (nSPS) is 18.9. The van der Waals surface area contributed by atoms with Crippen LogP contribution in [0.4, 0.5) is 0 Å². The number of Topliss-reactive ketones (excluding diaryl/α,β-unsaturated/α-hetero) is 1. The first-order valence-electron chi connectivity index (χ1n) is 12.9. The van der Waals surface area contributed by atoms with E-state index in [9.17, 15) is 4.79 Å². The Bertz CT molecular complexity index is 1210. The second kappa shape index (κ2) is 12.2. The Kier molecular flexibility index (Phi) is 8.91. The highest BCUT2D eigenvalue weighted by atomic mass is 31.1. The zero-order chi connectivity index (χ0) is 28.3. The van der Waals surface area contributed by atoms with Crippen LogP contribution in [0.15, 0.2) is 42.5 Å². The van der Waals surface area contributed by atoms with Gasteiger partial charge in [-0.15, -0.1) is 0 Å². The zero-order valence-corrected chi connectivity index (χ0v) is 24.8. The molecule has 3 aromatic rings. The molecule has 1 aliphatic heterocycles. The number of ether oxygens (including phenoxy) is 6. The lowest BCUT2D eigenvalue weighted by Crippen LogP contribution is -2.30. The molecule has 208 valence electrons. The third kappa shape index (κ3) is 5.38. The maximum atomic E-state index is 12.6. The van der Waals surface area contributed by atoms with Crippen LogP contribution < -0.4 is 33.7 Å². The van der Waals surface area contributed by atoms with E-state index in [1.54, 1.807) is 42.7 Å². The van der Waals surface area contributed by atoms with Crippen molar-refractivity contribution in [1.29, 1.82) is 0 Å². The molecule has 1 saturated heterocycles. The predicted octanol–water partition coefficient (Wildman–Crippen LogP) is 6.32. The van der Waals surface area contributed by atoms with Crippen molar-refractivity contribution in [3.63, 3.8) is 0 Å². The topological polar surface area (TPSA) is 72.5 Å². The largest absolute Gasteiger partial charge is 0.496 e. The van der Waals surface area contributed by atoms with Crippen LogP contribution in [0.3, 0.4) is 0 Å². The molecule has 39 heavy (non-hydrogen) atoms. The molecule has 3 aromatic carbocycles. The van der Waals surface area contributed by atoms with Crippen molar-refractivity contribution in [2.24, 2.45) is 0 Å². The first-order valence-corrected chi connectivity index (χ1v) is 14.3. The summed E-state index contributed by atoms with van der Waals surface area (Å²) in [6.07, 6.45) is 1.11. The fourth-order valence-electron chi connectivity index (χ4n) is 5.58. The molecule has 0 radical (unpaired) electrons. The summed E-state index contributed by atoms with van der Waals surface area (Å²) in [6, 6.07) is 13.7. The van der Waals surface area contributed by atoms with E-state index in [4.69, 9.17) is 28.4 Å². The van der Waals surface area contributed by atoms with Gasteiger partial charge in [0.25, 0.3) is 0 Å². The van der Waals surface area contributed by atoms with E-state index >= 15 is 0 Å². The van der Waals surface area contributed by atoms with Crippen LogP contribution in [0, 0.1) is 0 Å². The Morgan fingerprint density at radius 2 is 0.974 bits per heavy atom. The number of rotatable bonds is 9. The van der Waals surface area contributed by atoms with E-state index in [0.717, 1.165) is 27.6 Å². The summed E-state index contributed by atoms with van der Waals surface area (Å²) in [4.78, 5) is 12.6. The number of benzene rings is 3. The minimum atomic E-state index is -0.802. The summed E-state index contributed by atoms with van der Waals surface area (Å²) in [5, 5.41) is 1.16. The van der Waals surface area contributed by atoms with Gasteiger partial charge in [-0.2, -0.15) is 0 Å². The quantitative estimate of drug-likeness (QED) is 0.288. The molecule has 0 aromatic heterocycles. The van der Waals surface area contributed by atoms with E-state index in [1.807, 2.05) is 30.3 Å². The summed E-state index contributed by atoms with van der Waals surface area (Å²) < 4.78 is 34.6. The van der Waals surface area contributed by atoms with Crippen molar-refractivity contribution in [2.45, 2.75) is 38.0 Å². The molecular weight excluding hydrogens is 515 g/mol. The molecule has 0 bridgehead atoms. The number of carbonyl (C=O) groups is 1. The van der Waals surface area contributed by atoms with Gasteiger partial charge in [-0.1, -0.05) is 40.0 Å². The Hall–Kier alpha value is -3.44.